The van der Waals surface area contributed by atoms with Crippen molar-refractivity contribution >= 4 is 28.7 Å². The number of anilines is 1. The summed E-state index contributed by atoms with van der Waals surface area (Å²) in [7, 11) is 0. The predicted molar refractivity (Wildman–Crippen MR) is 100 cm³/mol. The average Bonchev–Trinajstić information content (AvgIpc) is 3.06. The number of rotatable bonds is 3. The molecule has 2 aromatic heterocycles. The molecule has 6 nitrogen and oxygen atoms in total. The molecule has 27 heavy (non-hydrogen) atoms. The van der Waals surface area contributed by atoms with Crippen LogP contribution < -0.4 is 10.5 Å². The van der Waals surface area contributed by atoms with Crippen LogP contribution >= 0.6 is 11.6 Å². The van der Waals surface area contributed by atoms with Gasteiger partial charge in [0, 0.05) is 37.5 Å². The molecule has 1 aliphatic heterocycles. The fourth-order valence-corrected chi connectivity index (χ4v) is 3.41. The number of alkyl halides is 2. The zero-order valence-corrected chi connectivity index (χ0v) is 15.5. The minimum Gasteiger partial charge on any atom is -0.341 e. The molecule has 3 heterocycles. The quantitative estimate of drug-likeness (QED) is 0.683. The van der Waals surface area contributed by atoms with E-state index in [1.807, 2.05) is 6.92 Å². The molecule has 1 aliphatic rings. The number of halogens is 3. The third kappa shape index (κ3) is 3.18. The molecule has 9 heteroatoms. The molecule has 1 aromatic carbocycles. The molecule has 3 aromatic rings. The van der Waals surface area contributed by atoms with E-state index in [2.05, 4.69) is 9.97 Å². The van der Waals surface area contributed by atoms with Crippen molar-refractivity contribution in [2.45, 2.75) is 32.2 Å². The van der Waals surface area contributed by atoms with Crippen LogP contribution in [0.15, 0.2) is 35.4 Å². The van der Waals surface area contributed by atoms with Gasteiger partial charge < -0.3 is 9.47 Å². The number of hydrogen-bond donors (Lipinski definition) is 0. The molecule has 1 saturated heterocycles. The summed E-state index contributed by atoms with van der Waals surface area (Å²) in [4.78, 5) is 23.8. The van der Waals surface area contributed by atoms with Crippen LogP contribution in [0.4, 0.5) is 14.7 Å². The summed E-state index contributed by atoms with van der Waals surface area (Å²) in [5.74, 6) is -2.34. The van der Waals surface area contributed by atoms with Crippen molar-refractivity contribution in [3.8, 4) is 5.69 Å². The van der Waals surface area contributed by atoms with E-state index in [0.29, 0.717) is 28.9 Å². The first-order valence-corrected chi connectivity index (χ1v) is 9.14. The van der Waals surface area contributed by atoms with Crippen molar-refractivity contribution < 1.29 is 8.78 Å². The van der Waals surface area contributed by atoms with E-state index >= 15 is 0 Å². The van der Waals surface area contributed by atoms with E-state index in [0.717, 1.165) is 0 Å². The molecule has 1 fully saturated rings. The van der Waals surface area contributed by atoms with Gasteiger partial charge in [-0.1, -0.05) is 11.6 Å². The second-order valence-electron chi connectivity index (χ2n) is 6.57. The Kier molecular flexibility index (Phi) is 4.38. The Labute approximate surface area is 159 Å². The maximum atomic E-state index is 13.6. The molecule has 0 unspecified atom stereocenters. The van der Waals surface area contributed by atoms with Gasteiger partial charge in [0.1, 0.15) is 0 Å². The lowest BCUT2D eigenvalue weighted by Gasteiger charge is -2.33. The van der Waals surface area contributed by atoms with Gasteiger partial charge in [-0.3, -0.25) is 4.79 Å². The number of fused-ring (bicyclic) bond motifs is 1. The maximum absolute atomic E-state index is 13.6. The van der Waals surface area contributed by atoms with Crippen molar-refractivity contribution in [3.63, 3.8) is 0 Å². The molecular formula is C18H18ClF2N5O. The molecule has 0 N–H and O–H groups in total. The summed E-state index contributed by atoms with van der Waals surface area (Å²) in [5.41, 5.74) is 0.942. The second-order valence-corrected chi connectivity index (χ2v) is 7.01. The van der Waals surface area contributed by atoms with Crippen LogP contribution in [-0.2, 0) is 6.54 Å². The molecule has 0 bridgehead atoms. The standard InChI is InChI=1S/C18H18ClF2N5O/c1-2-24-11-22-14-15(24)23-17(25-9-7-18(20,21)8-10-25)26(16(14)27)13-5-3-12(19)4-6-13/h3-6,11H,2,7-10H2,1H3. The summed E-state index contributed by atoms with van der Waals surface area (Å²) < 4.78 is 30.4. The van der Waals surface area contributed by atoms with Crippen LogP contribution in [0.2, 0.25) is 5.02 Å². The topological polar surface area (TPSA) is 56.0 Å². The Bertz CT molecular complexity index is 1030. The Balaban J connectivity index is 1.92. The number of aromatic nitrogens is 4. The lowest BCUT2D eigenvalue weighted by atomic mass is 10.1. The van der Waals surface area contributed by atoms with E-state index in [-0.39, 0.29) is 37.0 Å². The first-order valence-electron chi connectivity index (χ1n) is 8.76. The number of imidazole rings is 1. The van der Waals surface area contributed by atoms with Gasteiger partial charge in [-0.2, -0.15) is 4.98 Å². The van der Waals surface area contributed by atoms with Crippen LogP contribution in [0.5, 0.6) is 0 Å². The third-order valence-corrected chi connectivity index (χ3v) is 5.08. The van der Waals surface area contributed by atoms with Crippen molar-refractivity contribution in [1.29, 1.82) is 0 Å². The van der Waals surface area contributed by atoms with E-state index in [4.69, 9.17) is 11.6 Å². The smallest absolute Gasteiger partial charge is 0.287 e. The molecule has 0 atom stereocenters. The fourth-order valence-electron chi connectivity index (χ4n) is 3.29. The van der Waals surface area contributed by atoms with E-state index < -0.39 is 5.92 Å². The minimum absolute atomic E-state index is 0.124. The minimum atomic E-state index is -2.68. The number of aryl methyl sites for hydroxylation is 1. The monoisotopic (exact) mass is 393 g/mol. The maximum Gasteiger partial charge on any atom is 0.287 e. The molecule has 0 aliphatic carbocycles. The van der Waals surface area contributed by atoms with Gasteiger partial charge in [0.15, 0.2) is 11.2 Å². The highest BCUT2D eigenvalue weighted by Gasteiger charge is 2.35. The van der Waals surface area contributed by atoms with Crippen LogP contribution in [0.1, 0.15) is 19.8 Å². The SMILES string of the molecule is CCn1cnc2c(=O)n(-c3ccc(Cl)cc3)c(N3CCC(F)(F)CC3)nc21. The molecule has 4 rings (SSSR count). The van der Waals surface area contributed by atoms with Gasteiger partial charge in [0.05, 0.1) is 12.0 Å². The summed E-state index contributed by atoms with van der Waals surface area (Å²) in [6.07, 6.45) is 1.03. The zero-order valence-electron chi connectivity index (χ0n) is 14.7. The summed E-state index contributed by atoms with van der Waals surface area (Å²) >= 11 is 5.96. The van der Waals surface area contributed by atoms with Crippen LogP contribution in [0.25, 0.3) is 16.9 Å². The highest BCUT2D eigenvalue weighted by Crippen LogP contribution is 2.30. The van der Waals surface area contributed by atoms with Crippen molar-refractivity contribution in [2.24, 2.45) is 0 Å². The molecule has 142 valence electrons. The molecule has 0 spiro atoms. The first kappa shape index (κ1) is 17.9. The largest absolute Gasteiger partial charge is 0.341 e. The third-order valence-electron chi connectivity index (χ3n) is 4.82. The van der Waals surface area contributed by atoms with E-state index in [9.17, 15) is 13.6 Å². The van der Waals surface area contributed by atoms with Gasteiger partial charge >= 0.3 is 0 Å². The summed E-state index contributed by atoms with van der Waals surface area (Å²) in [5, 5.41) is 0.537. The van der Waals surface area contributed by atoms with Gasteiger partial charge in [-0.05, 0) is 31.2 Å². The Morgan fingerprint density at radius 1 is 1.19 bits per heavy atom. The first-order chi connectivity index (χ1) is 12.9. The Morgan fingerprint density at radius 3 is 2.48 bits per heavy atom. The number of piperidine rings is 1. The van der Waals surface area contributed by atoms with E-state index in [1.165, 1.54) is 4.57 Å². The predicted octanol–water partition coefficient (Wildman–Crippen LogP) is 3.49. The highest BCUT2D eigenvalue weighted by molar-refractivity contribution is 6.30. The zero-order chi connectivity index (χ0) is 19.2. The van der Waals surface area contributed by atoms with Gasteiger partial charge in [-0.15, -0.1) is 0 Å². The van der Waals surface area contributed by atoms with Crippen LogP contribution in [0.3, 0.4) is 0 Å². The fraction of sp³-hybridized carbons (Fsp3) is 0.389. The van der Waals surface area contributed by atoms with Crippen molar-refractivity contribution in [1.82, 2.24) is 19.1 Å². The van der Waals surface area contributed by atoms with Gasteiger partial charge in [0.25, 0.3) is 11.5 Å². The van der Waals surface area contributed by atoms with Gasteiger partial charge in [0.2, 0.25) is 5.95 Å². The second kappa shape index (κ2) is 6.60. The molecule has 0 radical (unpaired) electrons. The lowest BCUT2D eigenvalue weighted by molar-refractivity contribution is -0.0223. The van der Waals surface area contributed by atoms with Crippen molar-refractivity contribution in [2.75, 3.05) is 18.0 Å². The van der Waals surface area contributed by atoms with Crippen LogP contribution in [0, 0.1) is 0 Å². The number of hydrogen-bond acceptors (Lipinski definition) is 4. The molecule has 0 amide bonds. The number of benzene rings is 1. The van der Waals surface area contributed by atoms with Crippen molar-refractivity contribution in [3.05, 3.63) is 46.0 Å². The molecule has 0 saturated carbocycles. The summed E-state index contributed by atoms with van der Waals surface area (Å²) in [6, 6.07) is 6.75. The average molecular weight is 394 g/mol. The molecular weight excluding hydrogens is 376 g/mol. The normalized spacial score (nSPS) is 16.8. The highest BCUT2D eigenvalue weighted by atomic mass is 35.5. The van der Waals surface area contributed by atoms with Gasteiger partial charge in [-0.25, -0.2) is 18.3 Å². The lowest BCUT2D eigenvalue weighted by Crippen LogP contribution is -2.42. The van der Waals surface area contributed by atoms with Crippen LogP contribution in [-0.4, -0.2) is 38.1 Å². The number of nitrogens with zero attached hydrogens (tertiary/aromatic N) is 5. The Morgan fingerprint density at radius 2 is 1.85 bits per heavy atom. The Hall–Kier alpha value is -2.48. The summed E-state index contributed by atoms with van der Waals surface area (Å²) in [6.45, 7) is 2.78. The van der Waals surface area contributed by atoms with E-state index in [1.54, 1.807) is 40.1 Å².